The molecule has 0 radical (unpaired) electrons. The van der Waals surface area contributed by atoms with Crippen LogP contribution in [0, 0.1) is 23.7 Å². The van der Waals surface area contributed by atoms with Crippen molar-refractivity contribution in [3.05, 3.63) is 77.1 Å². The van der Waals surface area contributed by atoms with Crippen molar-refractivity contribution in [2.45, 2.75) is 93.4 Å². The van der Waals surface area contributed by atoms with Crippen molar-refractivity contribution in [1.29, 1.82) is 0 Å². The molecule has 3 nitrogen and oxygen atoms in total. The smallest absolute Gasteiger partial charge is 0.287 e. The van der Waals surface area contributed by atoms with E-state index in [2.05, 4.69) is 113 Å². The summed E-state index contributed by atoms with van der Waals surface area (Å²) in [5, 5.41) is 8.16. The van der Waals surface area contributed by atoms with Gasteiger partial charge in [-0.1, -0.05) is 97.6 Å². The highest BCUT2D eigenvalue weighted by atomic mass is 15.0. The Labute approximate surface area is 267 Å². The van der Waals surface area contributed by atoms with Gasteiger partial charge in [-0.25, -0.2) is 4.57 Å². The maximum absolute atomic E-state index is 4.97. The minimum absolute atomic E-state index is 0.127. The zero-order valence-corrected chi connectivity index (χ0v) is 28.6. The van der Waals surface area contributed by atoms with Crippen molar-refractivity contribution >= 4 is 59.9 Å². The van der Waals surface area contributed by atoms with E-state index in [0.29, 0.717) is 0 Å². The predicted molar refractivity (Wildman–Crippen MR) is 192 cm³/mol. The Balaban J connectivity index is 1.60. The average Bonchev–Trinajstić information content (AvgIpc) is 3.60. The minimum atomic E-state index is 0.127. The van der Waals surface area contributed by atoms with E-state index in [1.165, 1.54) is 109 Å². The first-order chi connectivity index (χ1) is 21.4. The number of benzene rings is 4. The van der Waals surface area contributed by atoms with Crippen molar-refractivity contribution < 1.29 is 4.57 Å². The zero-order chi connectivity index (χ0) is 31.4. The topological polar surface area (TPSA) is 21.2 Å². The third kappa shape index (κ3) is 4.60. The summed E-state index contributed by atoms with van der Waals surface area (Å²) in [6, 6.07) is 19.3. The molecule has 1 aliphatic rings. The molecule has 8 rings (SSSR count). The molecule has 0 amide bonds. The summed E-state index contributed by atoms with van der Waals surface area (Å²) in [6.45, 7) is 16.6. The first-order valence-corrected chi connectivity index (χ1v) is 17.2. The maximum Gasteiger partial charge on any atom is 0.287 e. The number of nitrogens with zero attached hydrogens (tertiary/aromatic N) is 3. The molecule has 230 valence electrons. The molecule has 4 aromatic carbocycles. The molecule has 0 aliphatic heterocycles. The van der Waals surface area contributed by atoms with E-state index >= 15 is 0 Å². The van der Waals surface area contributed by atoms with Crippen LogP contribution < -0.4 is 4.57 Å². The lowest BCUT2D eigenvalue weighted by molar-refractivity contribution is -0.646. The molecule has 3 heterocycles. The molecule has 1 saturated carbocycles. The monoisotopic (exact) mass is 594 g/mol. The zero-order valence-electron chi connectivity index (χ0n) is 28.6. The number of pyridine rings is 1. The Kier molecular flexibility index (Phi) is 6.31. The number of hydrogen-bond donors (Lipinski definition) is 0. The molecule has 3 heteroatoms. The van der Waals surface area contributed by atoms with Gasteiger partial charge >= 0.3 is 0 Å². The average molecular weight is 595 g/mol. The first kappa shape index (κ1) is 28.7. The van der Waals surface area contributed by atoms with Crippen LogP contribution in [0.1, 0.15) is 89.5 Å². The lowest BCUT2D eigenvalue weighted by atomic mass is 9.82. The highest BCUT2D eigenvalue weighted by Gasteiger charge is 2.29. The lowest BCUT2D eigenvalue weighted by Gasteiger charge is -2.25. The molecular weight excluding hydrogens is 546 g/mol. The van der Waals surface area contributed by atoms with Gasteiger partial charge in [0.2, 0.25) is 0 Å². The summed E-state index contributed by atoms with van der Waals surface area (Å²) >= 11 is 0. The van der Waals surface area contributed by atoms with Crippen LogP contribution in [0.15, 0.2) is 54.9 Å². The van der Waals surface area contributed by atoms with Crippen molar-refractivity contribution in [2.24, 2.45) is 23.8 Å². The Morgan fingerprint density at radius 1 is 0.756 bits per heavy atom. The van der Waals surface area contributed by atoms with E-state index in [0.717, 1.165) is 24.3 Å². The number of aromatic nitrogens is 3. The third-order valence-corrected chi connectivity index (χ3v) is 10.5. The van der Waals surface area contributed by atoms with Gasteiger partial charge in [-0.3, -0.25) is 0 Å². The molecule has 7 aromatic rings. The second kappa shape index (κ2) is 9.89. The lowest BCUT2D eigenvalue weighted by Crippen LogP contribution is -2.30. The summed E-state index contributed by atoms with van der Waals surface area (Å²) in [5.74, 6) is 0.820. The molecule has 1 fully saturated rings. The number of rotatable bonds is 4. The Morgan fingerprint density at radius 3 is 2.18 bits per heavy atom. The van der Waals surface area contributed by atoms with Crippen molar-refractivity contribution in [1.82, 2.24) is 9.38 Å². The van der Waals surface area contributed by atoms with Gasteiger partial charge in [-0.05, 0) is 99.1 Å². The Hall–Kier alpha value is -3.72. The standard InChI is InChI=1S/C42H48N3/c1-25-32-20-28(22-41(2,3)4)14-15-29(32)33(23-42(5,6)7)39-36(25)40-37-34(43-24-44(40)8)18-17-31-30-16-13-27(19-26-11-9-10-12-26)21-35(30)45(39)38(31)37/h13-18,20-21,24,26H,9-12,19,22-23H2,1-8H3/q+1. The first-order valence-electron chi connectivity index (χ1n) is 17.2. The van der Waals surface area contributed by atoms with Crippen LogP contribution in [-0.2, 0) is 26.3 Å². The van der Waals surface area contributed by atoms with E-state index in [4.69, 9.17) is 4.98 Å². The number of aryl methyl sites for hydroxylation is 2. The van der Waals surface area contributed by atoms with Gasteiger partial charge in [-0.2, -0.15) is 0 Å². The quantitative estimate of drug-likeness (QED) is 0.113. The van der Waals surface area contributed by atoms with Crippen LogP contribution in [-0.4, -0.2) is 9.38 Å². The molecule has 1 aliphatic carbocycles. The summed E-state index contributed by atoms with van der Waals surface area (Å²) in [4.78, 5) is 4.97. The summed E-state index contributed by atoms with van der Waals surface area (Å²) in [6.07, 6.45) is 10.8. The van der Waals surface area contributed by atoms with Crippen molar-refractivity contribution in [2.75, 3.05) is 0 Å². The normalized spacial score (nSPS) is 15.4. The van der Waals surface area contributed by atoms with E-state index in [1.54, 1.807) is 0 Å². The van der Waals surface area contributed by atoms with Gasteiger partial charge in [0.1, 0.15) is 5.52 Å². The molecule has 0 bridgehead atoms. The number of fused-ring (bicyclic) bond motifs is 7. The fourth-order valence-electron chi connectivity index (χ4n) is 8.80. The third-order valence-electron chi connectivity index (χ3n) is 10.5. The van der Waals surface area contributed by atoms with E-state index in [1.807, 2.05) is 6.33 Å². The molecule has 3 aromatic heterocycles. The fraction of sp³-hybridized carbons (Fsp3) is 0.429. The van der Waals surface area contributed by atoms with Crippen molar-refractivity contribution in [3.63, 3.8) is 0 Å². The molecular formula is C42H48N3+. The van der Waals surface area contributed by atoms with E-state index in [9.17, 15) is 0 Å². The van der Waals surface area contributed by atoms with Gasteiger partial charge in [0.15, 0.2) is 5.52 Å². The highest BCUT2D eigenvalue weighted by molar-refractivity contribution is 6.28. The van der Waals surface area contributed by atoms with Crippen LogP contribution in [0.2, 0.25) is 0 Å². The predicted octanol–water partition coefficient (Wildman–Crippen LogP) is 10.6. The Morgan fingerprint density at radius 2 is 1.44 bits per heavy atom. The van der Waals surface area contributed by atoms with Gasteiger partial charge in [0.25, 0.3) is 6.33 Å². The van der Waals surface area contributed by atoms with Crippen LogP contribution >= 0.6 is 0 Å². The largest absolute Gasteiger partial charge is 0.307 e. The van der Waals surface area contributed by atoms with E-state index in [-0.39, 0.29) is 10.8 Å². The highest BCUT2D eigenvalue weighted by Crippen LogP contribution is 2.45. The van der Waals surface area contributed by atoms with E-state index < -0.39 is 0 Å². The van der Waals surface area contributed by atoms with Gasteiger partial charge < -0.3 is 4.40 Å². The van der Waals surface area contributed by atoms with Crippen molar-refractivity contribution in [3.8, 4) is 0 Å². The molecule has 0 saturated heterocycles. The fourth-order valence-corrected chi connectivity index (χ4v) is 8.80. The van der Waals surface area contributed by atoms with Crippen LogP contribution in [0.5, 0.6) is 0 Å². The second-order valence-electron chi connectivity index (χ2n) is 16.8. The molecule has 0 atom stereocenters. The summed E-state index contributed by atoms with van der Waals surface area (Å²) in [5.41, 5.74) is 12.6. The SMILES string of the molecule is Cc1c2cc(CC(C)(C)C)ccc2c(CC(C)(C)C)c2c1c1c3c(ccc4c5ccc(CC6CCCC6)cc5n2c43)nc[n+]1C. The van der Waals surface area contributed by atoms with Gasteiger partial charge in [0.05, 0.1) is 34.4 Å². The maximum atomic E-state index is 4.97. The van der Waals surface area contributed by atoms with Crippen LogP contribution in [0.25, 0.3) is 59.9 Å². The molecule has 0 spiro atoms. The Bertz CT molecular complexity index is 2280. The summed E-state index contributed by atoms with van der Waals surface area (Å²) < 4.78 is 4.96. The molecule has 0 unspecified atom stereocenters. The molecule has 0 N–H and O–H groups in total. The van der Waals surface area contributed by atoms with Crippen LogP contribution in [0.4, 0.5) is 0 Å². The minimum Gasteiger partial charge on any atom is -0.307 e. The summed E-state index contributed by atoms with van der Waals surface area (Å²) in [7, 11) is 2.19. The molecule has 45 heavy (non-hydrogen) atoms. The second-order valence-corrected chi connectivity index (χ2v) is 16.8. The number of hydrogen-bond acceptors (Lipinski definition) is 1. The van der Waals surface area contributed by atoms with Gasteiger partial charge in [-0.15, -0.1) is 0 Å². The van der Waals surface area contributed by atoms with Crippen LogP contribution in [0.3, 0.4) is 0 Å². The van der Waals surface area contributed by atoms with Gasteiger partial charge in [0, 0.05) is 10.8 Å².